The molecule has 2 heterocycles. The Morgan fingerprint density at radius 1 is 1.54 bits per heavy atom. The van der Waals surface area contributed by atoms with Gasteiger partial charge in [-0.3, -0.25) is 4.79 Å². The van der Waals surface area contributed by atoms with Crippen LogP contribution in [0.3, 0.4) is 0 Å². The Labute approximate surface area is 143 Å². The maximum Gasteiger partial charge on any atom is 0.313 e. The molecule has 0 amide bonds. The van der Waals surface area contributed by atoms with Crippen LogP contribution >= 0.6 is 11.8 Å². The number of aryl methyl sites for hydroxylation is 1. The molecule has 0 aliphatic heterocycles. The molecule has 0 unspecified atom stereocenters. The number of nitrogens with zero attached hydrogens (tertiary/aromatic N) is 4. The van der Waals surface area contributed by atoms with E-state index in [1.807, 2.05) is 13.1 Å². The summed E-state index contributed by atoms with van der Waals surface area (Å²) in [5.74, 6) is 0.639. The number of aromatic nitrogens is 3. The van der Waals surface area contributed by atoms with Gasteiger partial charge in [0.05, 0.1) is 17.6 Å². The van der Waals surface area contributed by atoms with Crippen LogP contribution in [0.2, 0.25) is 0 Å². The number of hydrogen-bond donors (Lipinski definition) is 1. The average Bonchev–Trinajstić information content (AvgIpc) is 3.17. The summed E-state index contributed by atoms with van der Waals surface area (Å²) in [7, 11) is 0. The molecule has 0 saturated carbocycles. The van der Waals surface area contributed by atoms with E-state index in [9.17, 15) is 4.79 Å². The number of aliphatic carboxylic acids is 1. The molecule has 2 aromatic rings. The summed E-state index contributed by atoms with van der Waals surface area (Å²) < 4.78 is 6.93. The number of hydrogen-bond acceptors (Lipinski definition) is 6. The van der Waals surface area contributed by atoms with E-state index in [4.69, 9.17) is 9.52 Å². The zero-order valence-corrected chi connectivity index (χ0v) is 14.1. The molecule has 0 bridgehead atoms. The normalized spacial score (nSPS) is 17.6. The summed E-state index contributed by atoms with van der Waals surface area (Å²) >= 11 is 1.10. The topological polar surface area (TPSA) is 93.5 Å². The molecule has 1 aliphatic carbocycles. The highest BCUT2D eigenvalue weighted by Crippen LogP contribution is 2.27. The SMILES string of the molecule is Cc1occc1-c1nnc(SCC(=O)O)n1/N=C\[C@H]1CC=CCC1. The van der Waals surface area contributed by atoms with Gasteiger partial charge in [0, 0.05) is 6.21 Å². The van der Waals surface area contributed by atoms with E-state index in [2.05, 4.69) is 27.5 Å². The second-order valence-corrected chi connectivity index (χ2v) is 6.44. The molecule has 3 rings (SSSR count). The third-order valence-corrected chi connectivity index (χ3v) is 4.64. The summed E-state index contributed by atoms with van der Waals surface area (Å²) in [6, 6.07) is 1.81. The van der Waals surface area contributed by atoms with Crippen LogP contribution in [0.25, 0.3) is 11.4 Å². The van der Waals surface area contributed by atoms with Crippen LogP contribution < -0.4 is 0 Å². The van der Waals surface area contributed by atoms with Crippen molar-refractivity contribution >= 4 is 23.9 Å². The Kier molecular flexibility index (Phi) is 5.14. The van der Waals surface area contributed by atoms with Crippen molar-refractivity contribution in [1.29, 1.82) is 0 Å². The molecule has 0 spiro atoms. The highest BCUT2D eigenvalue weighted by Gasteiger charge is 2.18. The Morgan fingerprint density at radius 3 is 3.08 bits per heavy atom. The lowest BCUT2D eigenvalue weighted by Crippen LogP contribution is -2.06. The first-order valence-corrected chi connectivity index (χ1v) is 8.67. The van der Waals surface area contributed by atoms with Crippen molar-refractivity contribution in [3.8, 4) is 11.4 Å². The van der Waals surface area contributed by atoms with Gasteiger partial charge in [-0.2, -0.15) is 9.78 Å². The Morgan fingerprint density at radius 2 is 2.42 bits per heavy atom. The van der Waals surface area contributed by atoms with E-state index < -0.39 is 5.97 Å². The first-order valence-electron chi connectivity index (χ1n) is 7.69. The molecule has 0 radical (unpaired) electrons. The van der Waals surface area contributed by atoms with E-state index in [0.717, 1.165) is 36.6 Å². The monoisotopic (exact) mass is 346 g/mol. The molecular formula is C16H18N4O3S. The van der Waals surface area contributed by atoms with Crippen LogP contribution in [0.5, 0.6) is 0 Å². The summed E-state index contributed by atoms with van der Waals surface area (Å²) in [5, 5.41) is 22.2. The second-order valence-electron chi connectivity index (χ2n) is 5.50. The predicted molar refractivity (Wildman–Crippen MR) is 91.2 cm³/mol. The molecule has 0 fully saturated rings. The number of carboxylic acid groups (broad SMARTS) is 1. The molecule has 0 aromatic carbocycles. The number of carboxylic acids is 1. The summed E-state index contributed by atoms with van der Waals surface area (Å²) in [6.45, 7) is 1.84. The van der Waals surface area contributed by atoms with Crippen molar-refractivity contribution < 1.29 is 14.3 Å². The maximum absolute atomic E-state index is 10.8. The minimum absolute atomic E-state index is 0.0931. The number of carbonyl (C=O) groups is 1. The number of furan rings is 1. The molecule has 24 heavy (non-hydrogen) atoms. The third kappa shape index (κ3) is 3.76. The average molecular weight is 346 g/mol. The molecule has 7 nitrogen and oxygen atoms in total. The minimum Gasteiger partial charge on any atom is -0.481 e. The molecule has 1 N–H and O–H groups in total. The second kappa shape index (κ2) is 7.48. The van der Waals surface area contributed by atoms with Gasteiger partial charge in [0.25, 0.3) is 0 Å². The molecule has 8 heteroatoms. The summed E-state index contributed by atoms with van der Waals surface area (Å²) in [5.41, 5.74) is 0.797. The summed E-state index contributed by atoms with van der Waals surface area (Å²) in [6.07, 6.45) is 10.9. The lowest BCUT2D eigenvalue weighted by molar-refractivity contribution is -0.133. The van der Waals surface area contributed by atoms with Crippen molar-refractivity contribution in [1.82, 2.24) is 14.9 Å². The molecular weight excluding hydrogens is 328 g/mol. The fraction of sp³-hybridized carbons (Fsp3) is 0.375. The molecule has 1 atom stereocenters. The van der Waals surface area contributed by atoms with E-state index >= 15 is 0 Å². The highest BCUT2D eigenvalue weighted by molar-refractivity contribution is 7.99. The van der Waals surface area contributed by atoms with Crippen molar-refractivity contribution in [2.75, 3.05) is 5.75 Å². The first kappa shape index (κ1) is 16.5. The zero-order chi connectivity index (χ0) is 16.9. The molecule has 2 aromatic heterocycles. The van der Waals surface area contributed by atoms with Crippen LogP contribution in [0.15, 0.2) is 39.2 Å². The lowest BCUT2D eigenvalue weighted by Gasteiger charge is -2.12. The van der Waals surface area contributed by atoms with E-state index in [0.29, 0.717) is 22.7 Å². The number of allylic oxidation sites excluding steroid dienone is 2. The number of thioether (sulfide) groups is 1. The van der Waals surface area contributed by atoms with Crippen LogP contribution in [-0.2, 0) is 4.79 Å². The van der Waals surface area contributed by atoms with Crippen LogP contribution in [0.4, 0.5) is 0 Å². The van der Waals surface area contributed by atoms with E-state index in [-0.39, 0.29) is 5.75 Å². The lowest BCUT2D eigenvalue weighted by atomic mass is 9.96. The molecule has 1 aliphatic rings. The maximum atomic E-state index is 10.8. The standard InChI is InChI=1S/C16H18N4O3S/c1-11-13(7-8-23-11)15-18-19-16(24-10-14(21)22)20(15)17-9-12-5-3-2-4-6-12/h2-3,7-9,12H,4-6,10H2,1H3,(H,21,22)/b17-9-/t12-/m0/s1. The van der Waals surface area contributed by atoms with E-state index in [1.165, 1.54) is 0 Å². The zero-order valence-electron chi connectivity index (χ0n) is 13.3. The quantitative estimate of drug-likeness (QED) is 0.490. The van der Waals surface area contributed by atoms with Gasteiger partial charge in [-0.05, 0) is 38.2 Å². The largest absolute Gasteiger partial charge is 0.481 e. The van der Waals surface area contributed by atoms with Crippen molar-refractivity contribution in [3.63, 3.8) is 0 Å². The first-order chi connectivity index (χ1) is 11.6. The molecule has 0 saturated heterocycles. The van der Waals surface area contributed by atoms with Crippen LogP contribution in [0, 0.1) is 12.8 Å². The predicted octanol–water partition coefficient (Wildman–Crippen LogP) is 3.21. The van der Waals surface area contributed by atoms with Gasteiger partial charge in [0.15, 0.2) is 5.82 Å². The van der Waals surface area contributed by atoms with Crippen molar-refractivity contribution in [2.24, 2.45) is 11.0 Å². The Hall–Kier alpha value is -2.35. The van der Waals surface area contributed by atoms with Crippen LogP contribution in [0.1, 0.15) is 25.0 Å². The van der Waals surface area contributed by atoms with Gasteiger partial charge >= 0.3 is 5.97 Å². The highest BCUT2D eigenvalue weighted by atomic mass is 32.2. The van der Waals surface area contributed by atoms with Crippen LogP contribution in [-0.4, -0.2) is 37.9 Å². The van der Waals surface area contributed by atoms with Gasteiger partial charge in [-0.1, -0.05) is 23.9 Å². The van der Waals surface area contributed by atoms with Gasteiger partial charge in [-0.15, -0.1) is 10.2 Å². The van der Waals surface area contributed by atoms with E-state index in [1.54, 1.807) is 17.0 Å². The van der Waals surface area contributed by atoms with Gasteiger partial charge in [0.1, 0.15) is 5.76 Å². The van der Waals surface area contributed by atoms with Gasteiger partial charge in [0.2, 0.25) is 5.16 Å². The fourth-order valence-corrected chi connectivity index (χ4v) is 3.09. The van der Waals surface area contributed by atoms with Crippen molar-refractivity contribution in [3.05, 3.63) is 30.2 Å². The Balaban J connectivity index is 1.91. The third-order valence-electron chi connectivity index (χ3n) is 3.74. The summed E-state index contributed by atoms with van der Waals surface area (Å²) in [4.78, 5) is 10.8. The minimum atomic E-state index is -0.906. The Bertz CT molecular complexity index is 778. The number of rotatable bonds is 6. The van der Waals surface area contributed by atoms with Gasteiger partial charge in [-0.25, -0.2) is 0 Å². The smallest absolute Gasteiger partial charge is 0.313 e. The van der Waals surface area contributed by atoms with Crippen molar-refractivity contribution in [2.45, 2.75) is 31.3 Å². The van der Waals surface area contributed by atoms with Gasteiger partial charge < -0.3 is 9.52 Å². The molecule has 126 valence electrons. The fourth-order valence-electron chi connectivity index (χ4n) is 2.48.